The van der Waals surface area contributed by atoms with Crippen molar-refractivity contribution in [2.45, 2.75) is 13.0 Å². The number of rotatable bonds is 4. The number of hydrogen-bond acceptors (Lipinski definition) is 7. The molecule has 0 bridgehead atoms. The zero-order valence-corrected chi connectivity index (χ0v) is 7.96. The maximum absolute atomic E-state index is 8.71. The molecule has 0 fully saturated rings. The van der Waals surface area contributed by atoms with Crippen LogP contribution in [0.2, 0.25) is 0 Å². The summed E-state index contributed by atoms with van der Waals surface area (Å²) in [5.41, 5.74) is 3.55. The van der Waals surface area contributed by atoms with Gasteiger partial charge in [-0.05, 0) is 6.42 Å². The fourth-order valence-electron chi connectivity index (χ4n) is 1.27. The first-order chi connectivity index (χ1) is 7.36. The topological polar surface area (TPSA) is 115 Å². The lowest BCUT2D eigenvalue weighted by molar-refractivity contribution is 0.277. The van der Waals surface area contributed by atoms with Crippen LogP contribution in [0.5, 0.6) is 0 Å². The molecular weight excluding hydrogens is 198 g/mol. The molecule has 8 nitrogen and oxygen atoms in total. The first kappa shape index (κ1) is 9.74. The van der Waals surface area contributed by atoms with E-state index in [0.717, 1.165) is 0 Å². The molecule has 0 unspecified atom stereocenters. The van der Waals surface area contributed by atoms with Crippen LogP contribution in [0.1, 0.15) is 6.42 Å². The largest absolute Gasteiger partial charge is 0.396 e. The number of hydrogen-bond donors (Lipinski definition) is 3. The second-order valence-corrected chi connectivity index (χ2v) is 2.93. The molecule has 0 atom stereocenters. The summed E-state index contributed by atoms with van der Waals surface area (Å²) < 4.78 is 1.61. The minimum Gasteiger partial charge on any atom is -0.396 e. The molecule has 0 aliphatic carbocycles. The van der Waals surface area contributed by atoms with E-state index >= 15 is 0 Å². The van der Waals surface area contributed by atoms with Crippen LogP contribution in [0.25, 0.3) is 11.2 Å². The number of aromatic nitrogens is 5. The monoisotopic (exact) mass is 209 g/mol. The molecule has 0 saturated heterocycles. The molecule has 0 saturated carbocycles. The van der Waals surface area contributed by atoms with Gasteiger partial charge in [0, 0.05) is 13.2 Å². The summed E-state index contributed by atoms with van der Waals surface area (Å²) in [4.78, 5) is 7.96. The van der Waals surface area contributed by atoms with Crippen LogP contribution in [-0.2, 0) is 6.54 Å². The number of nitrogens with zero attached hydrogens (tertiary/aromatic N) is 5. The van der Waals surface area contributed by atoms with Gasteiger partial charge in [0.05, 0.1) is 0 Å². The number of aliphatic hydroxyl groups excluding tert-OH is 1. The molecule has 2 heterocycles. The Hall–Kier alpha value is -1.80. The first-order valence-corrected chi connectivity index (χ1v) is 4.48. The summed E-state index contributed by atoms with van der Waals surface area (Å²) in [7, 11) is 0. The third-order valence-electron chi connectivity index (χ3n) is 1.96. The fraction of sp³-hybridized carbons (Fsp3) is 0.429. The number of nitrogens with two attached hydrogens (primary N) is 1. The van der Waals surface area contributed by atoms with Crippen molar-refractivity contribution in [2.75, 3.05) is 12.0 Å². The Bertz CT molecular complexity index is 454. The maximum atomic E-state index is 8.71. The Morgan fingerprint density at radius 3 is 3.07 bits per heavy atom. The molecule has 0 aromatic carbocycles. The van der Waals surface area contributed by atoms with Crippen molar-refractivity contribution < 1.29 is 5.11 Å². The van der Waals surface area contributed by atoms with Gasteiger partial charge in [-0.25, -0.2) is 20.5 Å². The lowest BCUT2D eigenvalue weighted by atomic mass is 10.4. The van der Waals surface area contributed by atoms with Crippen molar-refractivity contribution in [3.05, 3.63) is 6.33 Å². The smallest absolute Gasteiger partial charge is 0.183 e. The summed E-state index contributed by atoms with van der Waals surface area (Å²) in [5, 5.41) is 16.5. The Balaban J connectivity index is 2.42. The maximum Gasteiger partial charge on any atom is 0.183 e. The summed E-state index contributed by atoms with van der Waals surface area (Å²) in [6, 6.07) is 0. The van der Waals surface area contributed by atoms with Gasteiger partial charge in [0.1, 0.15) is 6.33 Å². The number of hydrazine groups is 1. The standard InChI is InChI=1S/C7H11N7O/c8-11-6-5-7(10-4-9-6)14(13-12-5)2-1-3-15/h4,15H,1-3,8H2,(H,9,10,11). The normalized spacial score (nSPS) is 10.8. The molecule has 2 aromatic heterocycles. The molecule has 2 rings (SSSR count). The highest BCUT2D eigenvalue weighted by Gasteiger charge is 2.09. The van der Waals surface area contributed by atoms with Crippen molar-refractivity contribution in [1.82, 2.24) is 25.0 Å². The van der Waals surface area contributed by atoms with Crippen LogP contribution in [-0.4, -0.2) is 36.7 Å². The second kappa shape index (κ2) is 4.15. The average Bonchev–Trinajstić information content (AvgIpc) is 2.69. The molecular formula is C7H11N7O. The van der Waals surface area contributed by atoms with Gasteiger partial charge in [0.2, 0.25) is 0 Å². The molecule has 0 radical (unpaired) electrons. The average molecular weight is 209 g/mol. The van der Waals surface area contributed by atoms with Gasteiger partial charge in [-0.15, -0.1) is 5.10 Å². The zero-order chi connectivity index (χ0) is 10.7. The van der Waals surface area contributed by atoms with E-state index in [9.17, 15) is 0 Å². The molecule has 0 aliphatic rings. The molecule has 80 valence electrons. The predicted octanol–water partition coefficient (Wildman–Crippen LogP) is -1.11. The van der Waals surface area contributed by atoms with E-state index in [4.69, 9.17) is 10.9 Å². The third-order valence-corrected chi connectivity index (χ3v) is 1.96. The van der Waals surface area contributed by atoms with Gasteiger partial charge in [0.25, 0.3) is 0 Å². The van der Waals surface area contributed by atoms with E-state index in [2.05, 4.69) is 25.7 Å². The van der Waals surface area contributed by atoms with E-state index in [0.29, 0.717) is 29.9 Å². The second-order valence-electron chi connectivity index (χ2n) is 2.93. The van der Waals surface area contributed by atoms with Crippen LogP contribution in [0.4, 0.5) is 5.82 Å². The Kier molecular flexibility index (Phi) is 2.70. The molecule has 15 heavy (non-hydrogen) atoms. The van der Waals surface area contributed by atoms with Gasteiger partial charge in [0.15, 0.2) is 17.0 Å². The zero-order valence-electron chi connectivity index (χ0n) is 7.96. The summed E-state index contributed by atoms with van der Waals surface area (Å²) in [5.74, 6) is 5.71. The van der Waals surface area contributed by atoms with Gasteiger partial charge >= 0.3 is 0 Å². The fourth-order valence-corrected chi connectivity index (χ4v) is 1.27. The molecule has 0 spiro atoms. The van der Waals surface area contributed by atoms with Crippen molar-refractivity contribution in [1.29, 1.82) is 0 Å². The number of nitrogens with one attached hydrogen (secondary N) is 1. The summed E-state index contributed by atoms with van der Waals surface area (Å²) in [6.45, 7) is 0.669. The number of aryl methyl sites for hydroxylation is 1. The van der Waals surface area contributed by atoms with Crippen molar-refractivity contribution in [3.63, 3.8) is 0 Å². The van der Waals surface area contributed by atoms with Gasteiger partial charge in [-0.2, -0.15) is 0 Å². The molecule has 2 aromatic rings. The van der Waals surface area contributed by atoms with Crippen LogP contribution in [0.15, 0.2) is 6.33 Å². The van der Waals surface area contributed by atoms with Crippen molar-refractivity contribution >= 4 is 17.0 Å². The molecule has 0 aliphatic heterocycles. The SMILES string of the molecule is NNc1ncnc2c1nnn2CCCO. The van der Waals surface area contributed by atoms with Gasteiger partial charge in [-0.3, -0.25) is 0 Å². The highest BCUT2D eigenvalue weighted by atomic mass is 16.3. The summed E-state index contributed by atoms with van der Waals surface area (Å²) >= 11 is 0. The number of nitrogen functional groups attached to an aromatic ring is 1. The van der Waals surface area contributed by atoms with E-state index < -0.39 is 0 Å². The van der Waals surface area contributed by atoms with E-state index in [-0.39, 0.29) is 6.61 Å². The molecule has 4 N–H and O–H groups in total. The van der Waals surface area contributed by atoms with Gasteiger partial charge in [-0.1, -0.05) is 5.21 Å². The van der Waals surface area contributed by atoms with E-state index in [1.165, 1.54) is 6.33 Å². The molecule has 8 heteroatoms. The van der Waals surface area contributed by atoms with Crippen LogP contribution in [0.3, 0.4) is 0 Å². The number of aliphatic hydroxyl groups is 1. The van der Waals surface area contributed by atoms with Crippen molar-refractivity contribution in [3.8, 4) is 0 Å². The van der Waals surface area contributed by atoms with Crippen LogP contribution in [0, 0.1) is 0 Å². The van der Waals surface area contributed by atoms with Crippen molar-refractivity contribution in [2.24, 2.45) is 5.84 Å². The number of anilines is 1. The summed E-state index contributed by atoms with van der Waals surface area (Å²) in [6.07, 6.45) is 1.99. The lowest BCUT2D eigenvalue weighted by Crippen LogP contribution is -2.09. The predicted molar refractivity (Wildman–Crippen MR) is 52.6 cm³/mol. The van der Waals surface area contributed by atoms with Gasteiger partial charge < -0.3 is 10.5 Å². The first-order valence-electron chi connectivity index (χ1n) is 4.48. The number of fused-ring (bicyclic) bond motifs is 1. The Morgan fingerprint density at radius 2 is 2.33 bits per heavy atom. The van der Waals surface area contributed by atoms with Crippen LogP contribution < -0.4 is 11.3 Å². The van der Waals surface area contributed by atoms with E-state index in [1.54, 1.807) is 4.68 Å². The highest BCUT2D eigenvalue weighted by molar-refractivity contribution is 5.81. The minimum absolute atomic E-state index is 0.106. The Morgan fingerprint density at radius 1 is 1.47 bits per heavy atom. The Labute approximate surface area is 85.1 Å². The van der Waals surface area contributed by atoms with Crippen LogP contribution >= 0.6 is 0 Å². The lowest BCUT2D eigenvalue weighted by Gasteiger charge is -2.00. The molecule has 0 amide bonds. The third kappa shape index (κ3) is 1.72. The highest BCUT2D eigenvalue weighted by Crippen LogP contribution is 2.14. The van der Waals surface area contributed by atoms with E-state index in [1.807, 2.05) is 0 Å². The quantitative estimate of drug-likeness (QED) is 0.432. The minimum atomic E-state index is 0.106.